The molecule has 0 radical (unpaired) electrons. The highest BCUT2D eigenvalue weighted by Gasteiger charge is 2.25. The van der Waals surface area contributed by atoms with Crippen molar-refractivity contribution in [3.63, 3.8) is 0 Å². The zero-order chi connectivity index (χ0) is 17.3. The molecule has 0 saturated carbocycles. The minimum absolute atomic E-state index is 0.0625. The Kier molecular flexibility index (Phi) is 4.21. The van der Waals surface area contributed by atoms with Crippen molar-refractivity contribution in [2.24, 2.45) is 0 Å². The molecular weight excluding hydrogens is 304 g/mol. The Labute approximate surface area is 139 Å². The second-order valence-electron chi connectivity index (χ2n) is 6.02. The lowest BCUT2D eigenvalue weighted by Crippen LogP contribution is -2.16. The van der Waals surface area contributed by atoms with Crippen molar-refractivity contribution in [2.75, 3.05) is 0 Å². The zero-order valence-electron chi connectivity index (χ0n) is 13.6. The summed E-state index contributed by atoms with van der Waals surface area (Å²) in [5.74, 6) is -0.717. The van der Waals surface area contributed by atoms with Gasteiger partial charge in [0.1, 0.15) is 17.1 Å². The summed E-state index contributed by atoms with van der Waals surface area (Å²) in [5.41, 5.74) is 1.73. The third-order valence-corrected chi connectivity index (χ3v) is 4.14. The highest BCUT2D eigenvalue weighted by atomic mass is 16.4. The Morgan fingerprint density at radius 2 is 1.79 bits per heavy atom. The van der Waals surface area contributed by atoms with Crippen LogP contribution in [0.3, 0.4) is 0 Å². The van der Waals surface area contributed by atoms with Gasteiger partial charge in [0.2, 0.25) is 0 Å². The maximum absolute atomic E-state index is 12.5. The molecule has 1 atom stereocenters. The molecule has 4 nitrogen and oxygen atoms in total. The van der Waals surface area contributed by atoms with E-state index >= 15 is 0 Å². The number of aromatic hydroxyl groups is 1. The van der Waals surface area contributed by atoms with E-state index in [2.05, 4.69) is 0 Å². The molecule has 0 amide bonds. The minimum atomic E-state index is -0.613. The molecule has 4 heteroatoms. The summed E-state index contributed by atoms with van der Waals surface area (Å²) in [6.07, 6.45) is 0.125. The summed E-state index contributed by atoms with van der Waals surface area (Å²) in [7, 11) is 0. The predicted octanol–water partition coefficient (Wildman–Crippen LogP) is 3.92. The zero-order valence-corrected chi connectivity index (χ0v) is 13.6. The predicted molar refractivity (Wildman–Crippen MR) is 92.5 cm³/mol. The third-order valence-electron chi connectivity index (χ3n) is 4.14. The van der Waals surface area contributed by atoms with Crippen molar-refractivity contribution in [2.45, 2.75) is 26.2 Å². The Balaban J connectivity index is 2.24. The van der Waals surface area contributed by atoms with E-state index in [-0.39, 0.29) is 23.5 Å². The van der Waals surface area contributed by atoms with Crippen LogP contribution in [0.2, 0.25) is 0 Å². The number of para-hydroxylation sites is 1. The van der Waals surface area contributed by atoms with E-state index in [4.69, 9.17) is 4.42 Å². The van der Waals surface area contributed by atoms with Crippen molar-refractivity contribution in [3.8, 4) is 5.75 Å². The number of Topliss-reactive ketones (excluding diaryl/α,β-unsaturated/α-hetero) is 1. The van der Waals surface area contributed by atoms with E-state index in [0.717, 1.165) is 11.1 Å². The number of aryl methyl sites for hydroxylation is 1. The largest absolute Gasteiger partial charge is 0.507 e. The summed E-state index contributed by atoms with van der Waals surface area (Å²) in [6, 6.07) is 14.4. The fourth-order valence-corrected chi connectivity index (χ4v) is 2.93. The number of hydrogen-bond acceptors (Lipinski definition) is 4. The van der Waals surface area contributed by atoms with Gasteiger partial charge in [-0.2, -0.15) is 0 Å². The quantitative estimate of drug-likeness (QED) is 0.739. The molecule has 1 aromatic heterocycles. The molecule has 0 bridgehead atoms. The van der Waals surface area contributed by atoms with Crippen LogP contribution in [0.15, 0.2) is 57.7 Å². The number of benzene rings is 2. The average molecular weight is 322 g/mol. The molecule has 0 aliphatic rings. The summed E-state index contributed by atoms with van der Waals surface area (Å²) >= 11 is 0. The van der Waals surface area contributed by atoms with E-state index in [1.165, 1.54) is 6.92 Å². The molecule has 122 valence electrons. The first-order valence-corrected chi connectivity index (χ1v) is 7.78. The highest BCUT2D eigenvalue weighted by molar-refractivity contribution is 5.85. The van der Waals surface area contributed by atoms with Gasteiger partial charge in [0.25, 0.3) is 0 Å². The standard InChI is InChI=1S/C20H18O4/c1-12-7-9-14(10-8-12)16(11-13(2)21)18-19(22)15-5-3-4-6-17(15)24-20(18)23/h3-10,16,22H,11H2,1-2H3/t16-/m1/s1. The third kappa shape index (κ3) is 2.95. The second kappa shape index (κ2) is 6.32. The molecule has 0 aliphatic carbocycles. The van der Waals surface area contributed by atoms with Crippen molar-refractivity contribution in [1.82, 2.24) is 0 Å². The fourth-order valence-electron chi connectivity index (χ4n) is 2.93. The van der Waals surface area contributed by atoms with Crippen LogP contribution >= 0.6 is 0 Å². The Morgan fingerprint density at radius 3 is 2.46 bits per heavy atom. The summed E-state index contributed by atoms with van der Waals surface area (Å²) in [4.78, 5) is 24.2. The number of carbonyl (C=O) groups excluding carboxylic acids is 1. The maximum Gasteiger partial charge on any atom is 0.343 e. The van der Waals surface area contributed by atoms with Crippen LogP contribution in [0.1, 0.15) is 36.0 Å². The molecule has 0 spiro atoms. The molecule has 0 fully saturated rings. The lowest BCUT2D eigenvalue weighted by Gasteiger charge is -2.17. The van der Waals surface area contributed by atoms with Gasteiger partial charge in [-0.25, -0.2) is 4.79 Å². The van der Waals surface area contributed by atoms with Gasteiger partial charge in [-0.1, -0.05) is 42.0 Å². The van der Waals surface area contributed by atoms with Crippen molar-refractivity contribution in [1.29, 1.82) is 0 Å². The molecule has 0 saturated heterocycles. The van der Waals surface area contributed by atoms with Crippen LogP contribution in [0, 0.1) is 6.92 Å². The monoisotopic (exact) mass is 322 g/mol. The van der Waals surface area contributed by atoms with Gasteiger partial charge in [0, 0.05) is 12.3 Å². The topological polar surface area (TPSA) is 67.5 Å². The molecule has 1 N–H and O–H groups in total. The van der Waals surface area contributed by atoms with Crippen molar-refractivity contribution < 1.29 is 14.3 Å². The van der Waals surface area contributed by atoms with Gasteiger partial charge in [0.05, 0.1) is 10.9 Å². The van der Waals surface area contributed by atoms with E-state index < -0.39 is 11.5 Å². The lowest BCUT2D eigenvalue weighted by atomic mass is 9.86. The van der Waals surface area contributed by atoms with Crippen LogP contribution in [0.25, 0.3) is 11.0 Å². The van der Waals surface area contributed by atoms with Crippen LogP contribution in [0.4, 0.5) is 0 Å². The summed E-state index contributed by atoms with van der Waals surface area (Å²) < 4.78 is 5.35. The molecule has 0 aliphatic heterocycles. The number of ketones is 1. The fraction of sp³-hybridized carbons (Fsp3) is 0.200. The number of carbonyl (C=O) groups is 1. The van der Waals surface area contributed by atoms with Gasteiger partial charge >= 0.3 is 5.63 Å². The molecule has 3 aromatic rings. The number of fused-ring (bicyclic) bond motifs is 1. The Hall–Kier alpha value is -2.88. The first-order chi connectivity index (χ1) is 11.5. The molecule has 24 heavy (non-hydrogen) atoms. The van der Waals surface area contributed by atoms with Crippen LogP contribution in [0.5, 0.6) is 5.75 Å². The number of hydrogen-bond donors (Lipinski definition) is 1. The normalized spacial score (nSPS) is 12.2. The van der Waals surface area contributed by atoms with Crippen LogP contribution in [-0.4, -0.2) is 10.9 Å². The smallest absolute Gasteiger partial charge is 0.343 e. The van der Waals surface area contributed by atoms with Gasteiger partial charge in [-0.3, -0.25) is 4.79 Å². The van der Waals surface area contributed by atoms with Gasteiger partial charge < -0.3 is 9.52 Å². The first-order valence-electron chi connectivity index (χ1n) is 7.78. The van der Waals surface area contributed by atoms with Crippen molar-refractivity contribution in [3.05, 3.63) is 75.6 Å². The average Bonchev–Trinajstić information content (AvgIpc) is 2.54. The van der Waals surface area contributed by atoms with E-state index in [1.54, 1.807) is 24.3 Å². The summed E-state index contributed by atoms with van der Waals surface area (Å²) in [5, 5.41) is 11.1. The minimum Gasteiger partial charge on any atom is -0.507 e. The molecule has 0 unspecified atom stereocenters. The van der Waals surface area contributed by atoms with Crippen LogP contribution < -0.4 is 5.63 Å². The molecule has 1 heterocycles. The molecule has 2 aromatic carbocycles. The maximum atomic E-state index is 12.5. The molecule has 3 rings (SSSR count). The van der Waals surface area contributed by atoms with Crippen LogP contribution in [-0.2, 0) is 4.79 Å². The SMILES string of the molecule is CC(=O)C[C@H](c1ccc(C)cc1)c1c(O)c2ccccc2oc1=O. The Morgan fingerprint density at radius 1 is 1.12 bits per heavy atom. The lowest BCUT2D eigenvalue weighted by molar-refractivity contribution is -0.117. The van der Waals surface area contributed by atoms with E-state index in [1.807, 2.05) is 31.2 Å². The Bertz CT molecular complexity index is 952. The first kappa shape index (κ1) is 16.0. The summed E-state index contributed by atoms with van der Waals surface area (Å²) in [6.45, 7) is 3.44. The highest BCUT2D eigenvalue weighted by Crippen LogP contribution is 2.36. The van der Waals surface area contributed by atoms with E-state index in [9.17, 15) is 14.7 Å². The number of rotatable bonds is 4. The van der Waals surface area contributed by atoms with Gasteiger partial charge in [0.15, 0.2) is 0 Å². The second-order valence-corrected chi connectivity index (χ2v) is 6.02. The molecular formula is C20H18O4. The van der Waals surface area contributed by atoms with Gasteiger partial charge in [-0.15, -0.1) is 0 Å². The van der Waals surface area contributed by atoms with Crippen molar-refractivity contribution >= 4 is 16.8 Å². The van der Waals surface area contributed by atoms with E-state index in [0.29, 0.717) is 11.0 Å². The van der Waals surface area contributed by atoms with Gasteiger partial charge in [-0.05, 0) is 31.5 Å².